The van der Waals surface area contributed by atoms with E-state index in [1.165, 1.54) is 0 Å². The predicted octanol–water partition coefficient (Wildman–Crippen LogP) is -0.730. The van der Waals surface area contributed by atoms with Gasteiger partial charge in [-0.25, -0.2) is 0 Å². The quantitative estimate of drug-likeness (QED) is 0.553. The zero-order chi connectivity index (χ0) is 10.4. The van der Waals surface area contributed by atoms with Gasteiger partial charge in [0.2, 0.25) is 11.9 Å². The second-order valence-electron chi connectivity index (χ2n) is 2.62. The molecule has 0 amide bonds. The van der Waals surface area contributed by atoms with Gasteiger partial charge in [0.25, 0.3) is 0 Å². The first kappa shape index (κ1) is 11.0. The van der Waals surface area contributed by atoms with E-state index in [-0.39, 0.29) is 11.9 Å². The molecule has 14 heavy (non-hydrogen) atoms. The SMILES string of the molecule is NCCSCCc1nc(N)nc(N)n1. The van der Waals surface area contributed by atoms with Gasteiger partial charge < -0.3 is 17.2 Å². The van der Waals surface area contributed by atoms with E-state index in [4.69, 9.17) is 17.2 Å². The van der Waals surface area contributed by atoms with E-state index in [9.17, 15) is 0 Å². The standard InChI is InChI=1S/C7H14N6S/c8-2-4-14-3-1-5-11-6(9)13-7(10)12-5/h1-4,8H2,(H4,9,10,11,12,13). The van der Waals surface area contributed by atoms with Crippen LogP contribution in [0.15, 0.2) is 0 Å². The first-order valence-electron chi connectivity index (χ1n) is 4.26. The van der Waals surface area contributed by atoms with E-state index in [0.717, 1.165) is 17.9 Å². The number of nitrogens with zero attached hydrogens (tertiary/aromatic N) is 3. The van der Waals surface area contributed by atoms with Crippen LogP contribution in [0.1, 0.15) is 5.82 Å². The van der Waals surface area contributed by atoms with Crippen LogP contribution in [0.4, 0.5) is 11.9 Å². The first-order chi connectivity index (χ1) is 6.72. The molecule has 6 nitrogen and oxygen atoms in total. The van der Waals surface area contributed by atoms with Crippen molar-refractivity contribution in [2.75, 3.05) is 29.5 Å². The average molecular weight is 214 g/mol. The summed E-state index contributed by atoms with van der Waals surface area (Å²) in [6.07, 6.45) is 0.738. The second kappa shape index (κ2) is 5.61. The normalized spacial score (nSPS) is 10.4. The highest BCUT2D eigenvalue weighted by Crippen LogP contribution is 2.04. The summed E-state index contributed by atoms with van der Waals surface area (Å²) in [5, 5.41) is 0. The molecule has 0 atom stereocenters. The van der Waals surface area contributed by atoms with Crippen molar-refractivity contribution >= 4 is 23.7 Å². The maximum absolute atomic E-state index is 5.42. The minimum atomic E-state index is 0.177. The molecule has 0 spiro atoms. The number of aromatic nitrogens is 3. The van der Waals surface area contributed by atoms with Crippen LogP contribution >= 0.6 is 11.8 Å². The number of hydrogen-bond donors (Lipinski definition) is 3. The van der Waals surface area contributed by atoms with Gasteiger partial charge in [-0.3, -0.25) is 0 Å². The molecule has 0 bridgehead atoms. The molecule has 1 aromatic heterocycles. The van der Waals surface area contributed by atoms with Gasteiger partial charge in [-0.1, -0.05) is 0 Å². The second-order valence-corrected chi connectivity index (χ2v) is 3.84. The minimum absolute atomic E-state index is 0.177. The molecule has 0 saturated carbocycles. The van der Waals surface area contributed by atoms with Crippen LogP contribution in [0.3, 0.4) is 0 Å². The van der Waals surface area contributed by atoms with Crippen LogP contribution in [0.25, 0.3) is 0 Å². The molecule has 6 N–H and O–H groups in total. The van der Waals surface area contributed by atoms with Crippen molar-refractivity contribution in [3.05, 3.63) is 5.82 Å². The Balaban J connectivity index is 2.42. The van der Waals surface area contributed by atoms with E-state index in [1.54, 1.807) is 11.8 Å². The molecule has 1 rings (SSSR count). The topological polar surface area (TPSA) is 117 Å². The van der Waals surface area contributed by atoms with Crippen molar-refractivity contribution in [2.45, 2.75) is 6.42 Å². The predicted molar refractivity (Wildman–Crippen MR) is 58.7 cm³/mol. The molecule has 0 aliphatic carbocycles. The van der Waals surface area contributed by atoms with Crippen molar-refractivity contribution in [3.8, 4) is 0 Å². The van der Waals surface area contributed by atoms with Crippen molar-refractivity contribution in [2.24, 2.45) is 5.73 Å². The van der Waals surface area contributed by atoms with Crippen LogP contribution < -0.4 is 17.2 Å². The highest BCUT2D eigenvalue weighted by Gasteiger charge is 2.01. The lowest BCUT2D eigenvalue weighted by Gasteiger charge is -2.01. The number of rotatable bonds is 5. The number of hydrogen-bond acceptors (Lipinski definition) is 7. The summed E-state index contributed by atoms with van der Waals surface area (Å²) in [5.41, 5.74) is 16.2. The van der Waals surface area contributed by atoms with Gasteiger partial charge in [0, 0.05) is 24.5 Å². The third-order valence-corrected chi connectivity index (χ3v) is 2.47. The molecule has 0 aliphatic rings. The third-order valence-electron chi connectivity index (χ3n) is 1.45. The Labute approximate surface area is 86.7 Å². The summed E-state index contributed by atoms with van der Waals surface area (Å²) in [5.74, 6) is 2.85. The van der Waals surface area contributed by atoms with Crippen LogP contribution in [0.2, 0.25) is 0 Å². The molecular weight excluding hydrogens is 200 g/mol. The molecular formula is C7H14N6S. The van der Waals surface area contributed by atoms with Gasteiger partial charge in [-0.2, -0.15) is 26.7 Å². The maximum Gasteiger partial charge on any atom is 0.225 e. The van der Waals surface area contributed by atoms with E-state index in [1.807, 2.05) is 0 Å². The van der Waals surface area contributed by atoms with Gasteiger partial charge in [0.05, 0.1) is 0 Å². The van der Waals surface area contributed by atoms with Gasteiger partial charge in [-0.05, 0) is 0 Å². The Morgan fingerprint density at radius 1 is 1.00 bits per heavy atom. The summed E-state index contributed by atoms with van der Waals surface area (Å²) in [4.78, 5) is 11.6. The van der Waals surface area contributed by atoms with Crippen molar-refractivity contribution in [3.63, 3.8) is 0 Å². The van der Waals surface area contributed by atoms with Crippen LogP contribution in [0, 0.1) is 0 Å². The Kier molecular flexibility index (Phi) is 4.41. The molecule has 0 fully saturated rings. The fourth-order valence-corrected chi connectivity index (χ4v) is 1.62. The molecule has 7 heteroatoms. The monoisotopic (exact) mass is 214 g/mol. The zero-order valence-corrected chi connectivity index (χ0v) is 8.63. The minimum Gasteiger partial charge on any atom is -0.368 e. The van der Waals surface area contributed by atoms with Gasteiger partial charge >= 0.3 is 0 Å². The van der Waals surface area contributed by atoms with E-state index in [0.29, 0.717) is 12.4 Å². The Hall–Kier alpha value is -1.08. The van der Waals surface area contributed by atoms with Crippen molar-refractivity contribution in [1.29, 1.82) is 0 Å². The first-order valence-corrected chi connectivity index (χ1v) is 5.41. The molecule has 1 aromatic rings. The van der Waals surface area contributed by atoms with Crippen LogP contribution in [-0.4, -0.2) is 33.0 Å². The molecule has 0 saturated heterocycles. The lowest BCUT2D eigenvalue weighted by Crippen LogP contribution is -2.08. The molecule has 0 radical (unpaired) electrons. The number of thioether (sulfide) groups is 1. The molecule has 0 unspecified atom stereocenters. The van der Waals surface area contributed by atoms with Gasteiger partial charge in [0.1, 0.15) is 5.82 Å². The average Bonchev–Trinajstić information content (AvgIpc) is 2.11. The number of anilines is 2. The van der Waals surface area contributed by atoms with Crippen LogP contribution in [-0.2, 0) is 6.42 Å². The van der Waals surface area contributed by atoms with E-state index >= 15 is 0 Å². The summed E-state index contributed by atoms with van der Waals surface area (Å²) in [6.45, 7) is 0.687. The summed E-state index contributed by atoms with van der Waals surface area (Å²) >= 11 is 1.75. The summed E-state index contributed by atoms with van der Waals surface area (Å²) in [6, 6.07) is 0. The summed E-state index contributed by atoms with van der Waals surface area (Å²) < 4.78 is 0. The van der Waals surface area contributed by atoms with E-state index in [2.05, 4.69) is 15.0 Å². The summed E-state index contributed by atoms with van der Waals surface area (Å²) in [7, 11) is 0. The zero-order valence-electron chi connectivity index (χ0n) is 7.81. The van der Waals surface area contributed by atoms with Gasteiger partial charge in [-0.15, -0.1) is 0 Å². The smallest absolute Gasteiger partial charge is 0.225 e. The number of aryl methyl sites for hydroxylation is 1. The highest BCUT2D eigenvalue weighted by atomic mass is 32.2. The van der Waals surface area contributed by atoms with E-state index < -0.39 is 0 Å². The Bertz CT molecular complexity index is 271. The molecule has 0 aromatic carbocycles. The molecule has 1 heterocycles. The third kappa shape index (κ3) is 3.75. The lowest BCUT2D eigenvalue weighted by molar-refractivity contribution is 0.922. The Morgan fingerprint density at radius 3 is 2.21 bits per heavy atom. The maximum atomic E-state index is 5.42. The fraction of sp³-hybridized carbons (Fsp3) is 0.571. The number of nitrogen functional groups attached to an aromatic ring is 2. The molecule has 78 valence electrons. The number of nitrogens with two attached hydrogens (primary N) is 3. The van der Waals surface area contributed by atoms with Crippen LogP contribution in [0.5, 0.6) is 0 Å². The Morgan fingerprint density at radius 2 is 1.64 bits per heavy atom. The highest BCUT2D eigenvalue weighted by molar-refractivity contribution is 7.99. The van der Waals surface area contributed by atoms with Crippen molar-refractivity contribution < 1.29 is 0 Å². The largest absolute Gasteiger partial charge is 0.368 e. The fourth-order valence-electron chi connectivity index (χ4n) is 0.917. The van der Waals surface area contributed by atoms with Gasteiger partial charge in [0.15, 0.2) is 0 Å². The lowest BCUT2D eigenvalue weighted by atomic mass is 10.4. The molecule has 0 aliphatic heterocycles. The van der Waals surface area contributed by atoms with Crippen molar-refractivity contribution in [1.82, 2.24) is 15.0 Å².